The van der Waals surface area contributed by atoms with Crippen molar-refractivity contribution in [3.8, 4) is 22.5 Å². The zero-order valence-corrected chi connectivity index (χ0v) is 29.5. The van der Waals surface area contributed by atoms with E-state index in [0.29, 0.717) is 0 Å². The highest BCUT2D eigenvalue weighted by Gasteiger charge is 2.18. The van der Waals surface area contributed by atoms with Gasteiger partial charge in [0.1, 0.15) is 0 Å². The standard InChI is InChI=1S/C48H28N2S2/c1-5-16-41-33(12-1)37-25-39-35-14-3-7-18-45(35)51-47(39)27-43(37)49(41)31-22-20-29(21-23-31)30-10-9-11-32(24-30)50-42-17-6-2-13-34(42)38-26-40-36-15-4-8-19-46(36)52-48(40)28-44(38)50/h1-28H. The number of para-hydroxylation sites is 2. The normalized spacial score (nSPS) is 12.2. The first-order valence-electron chi connectivity index (χ1n) is 17.7. The van der Waals surface area contributed by atoms with Crippen molar-refractivity contribution in [3.63, 3.8) is 0 Å². The van der Waals surface area contributed by atoms with Gasteiger partial charge < -0.3 is 9.13 Å². The van der Waals surface area contributed by atoms with Gasteiger partial charge in [0, 0.05) is 73.3 Å². The molecule has 4 aromatic heterocycles. The van der Waals surface area contributed by atoms with Crippen LogP contribution >= 0.6 is 22.7 Å². The maximum absolute atomic E-state index is 2.44. The quantitative estimate of drug-likeness (QED) is 0.174. The van der Waals surface area contributed by atoms with Gasteiger partial charge in [-0.1, -0.05) is 97.1 Å². The summed E-state index contributed by atoms with van der Waals surface area (Å²) < 4.78 is 10.2. The Morgan fingerprint density at radius 2 is 0.769 bits per heavy atom. The van der Waals surface area contributed by atoms with E-state index in [1.807, 2.05) is 22.7 Å². The van der Waals surface area contributed by atoms with E-state index in [9.17, 15) is 0 Å². The van der Waals surface area contributed by atoms with Crippen molar-refractivity contribution in [1.29, 1.82) is 0 Å². The Balaban J connectivity index is 1.00. The minimum atomic E-state index is 1.17. The molecule has 8 aromatic carbocycles. The fourth-order valence-corrected chi connectivity index (χ4v) is 10.8. The summed E-state index contributed by atoms with van der Waals surface area (Å²) in [6.07, 6.45) is 0. The molecule has 0 radical (unpaired) electrons. The molecule has 0 N–H and O–H groups in total. The van der Waals surface area contributed by atoms with Crippen molar-refractivity contribution >= 4 is 107 Å². The lowest BCUT2D eigenvalue weighted by atomic mass is 10.0. The van der Waals surface area contributed by atoms with Gasteiger partial charge >= 0.3 is 0 Å². The second-order valence-electron chi connectivity index (χ2n) is 13.7. The number of aromatic nitrogens is 2. The topological polar surface area (TPSA) is 9.86 Å². The van der Waals surface area contributed by atoms with Crippen LogP contribution in [-0.4, -0.2) is 9.13 Å². The van der Waals surface area contributed by atoms with Crippen molar-refractivity contribution in [3.05, 3.63) is 170 Å². The van der Waals surface area contributed by atoms with Gasteiger partial charge in [-0.25, -0.2) is 0 Å². The van der Waals surface area contributed by atoms with E-state index in [2.05, 4.69) is 179 Å². The molecule has 12 aromatic rings. The summed E-state index contributed by atoms with van der Waals surface area (Å²) in [5, 5.41) is 10.5. The zero-order valence-electron chi connectivity index (χ0n) is 27.9. The summed E-state index contributed by atoms with van der Waals surface area (Å²) in [7, 11) is 0. The highest BCUT2D eigenvalue weighted by Crippen LogP contribution is 2.42. The Kier molecular flexibility index (Phi) is 5.84. The number of nitrogens with zero attached hydrogens (tertiary/aromatic N) is 2. The van der Waals surface area contributed by atoms with E-state index in [1.54, 1.807) is 0 Å². The van der Waals surface area contributed by atoms with Crippen LogP contribution in [-0.2, 0) is 0 Å². The van der Waals surface area contributed by atoms with Crippen molar-refractivity contribution in [2.45, 2.75) is 0 Å². The minimum absolute atomic E-state index is 1.17. The lowest BCUT2D eigenvalue weighted by molar-refractivity contribution is 1.18. The lowest BCUT2D eigenvalue weighted by Crippen LogP contribution is -1.95. The monoisotopic (exact) mass is 696 g/mol. The van der Waals surface area contributed by atoms with Gasteiger partial charge in [0.25, 0.3) is 0 Å². The number of rotatable bonds is 3. The van der Waals surface area contributed by atoms with Crippen LogP contribution in [0.15, 0.2) is 170 Å². The molecule has 0 fully saturated rings. The van der Waals surface area contributed by atoms with Gasteiger partial charge in [0.2, 0.25) is 0 Å². The summed E-state index contributed by atoms with van der Waals surface area (Å²) in [6.45, 7) is 0. The summed E-state index contributed by atoms with van der Waals surface area (Å²) in [6, 6.07) is 62.9. The van der Waals surface area contributed by atoms with Gasteiger partial charge in [-0.15, -0.1) is 22.7 Å². The van der Waals surface area contributed by atoms with E-state index in [4.69, 9.17) is 0 Å². The smallest absolute Gasteiger partial charge is 0.0555 e. The Morgan fingerprint density at radius 1 is 0.269 bits per heavy atom. The van der Waals surface area contributed by atoms with Gasteiger partial charge in [-0.3, -0.25) is 0 Å². The van der Waals surface area contributed by atoms with Crippen LogP contribution in [0.4, 0.5) is 0 Å². The van der Waals surface area contributed by atoms with E-state index in [0.717, 1.165) is 0 Å². The van der Waals surface area contributed by atoms with Crippen molar-refractivity contribution in [1.82, 2.24) is 9.13 Å². The molecule has 4 heterocycles. The Labute approximate surface area is 306 Å². The predicted octanol–water partition coefficient (Wildman–Crippen LogP) is 14.3. The van der Waals surface area contributed by atoms with E-state index < -0.39 is 0 Å². The molecule has 0 bridgehead atoms. The van der Waals surface area contributed by atoms with Crippen LogP contribution in [0.1, 0.15) is 0 Å². The number of hydrogen-bond acceptors (Lipinski definition) is 2. The Morgan fingerprint density at radius 3 is 1.35 bits per heavy atom. The fourth-order valence-electron chi connectivity index (χ4n) is 8.56. The van der Waals surface area contributed by atoms with Crippen molar-refractivity contribution in [2.24, 2.45) is 0 Å². The molecular weight excluding hydrogens is 669 g/mol. The zero-order chi connectivity index (χ0) is 33.9. The molecule has 0 aliphatic rings. The largest absolute Gasteiger partial charge is 0.309 e. The third kappa shape index (κ3) is 3.99. The van der Waals surface area contributed by atoms with E-state index in [1.165, 1.54) is 106 Å². The van der Waals surface area contributed by atoms with Crippen molar-refractivity contribution in [2.75, 3.05) is 0 Å². The molecule has 242 valence electrons. The number of fused-ring (bicyclic) bond motifs is 12. The fraction of sp³-hybridized carbons (Fsp3) is 0. The molecule has 0 spiro atoms. The highest BCUT2D eigenvalue weighted by atomic mass is 32.1. The van der Waals surface area contributed by atoms with Gasteiger partial charge in [-0.05, 0) is 83.9 Å². The molecule has 0 amide bonds. The van der Waals surface area contributed by atoms with Crippen LogP contribution in [0.2, 0.25) is 0 Å². The third-order valence-electron chi connectivity index (χ3n) is 10.9. The van der Waals surface area contributed by atoms with Gasteiger partial charge in [0.15, 0.2) is 0 Å². The SMILES string of the molecule is c1cc(-c2ccc(-n3c4ccccc4c4cc5c(cc43)sc3ccccc35)cc2)cc(-n2c3ccccc3c3cc4c(cc32)sc2ccccc24)c1. The molecular formula is C48H28N2S2. The molecule has 0 aliphatic heterocycles. The molecule has 52 heavy (non-hydrogen) atoms. The molecule has 4 heteroatoms. The highest BCUT2D eigenvalue weighted by molar-refractivity contribution is 7.26. The average molecular weight is 697 g/mol. The molecule has 0 saturated carbocycles. The third-order valence-corrected chi connectivity index (χ3v) is 13.2. The van der Waals surface area contributed by atoms with Crippen LogP contribution in [0.3, 0.4) is 0 Å². The Bertz CT molecular complexity index is 3410. The number of thiophene rings is 2. The molecule has 0 saturated heterocycles. The van der Waals surface area contributed by atoms with E-state index >= 15 is 0 Å². The molecule has 0 unspecified atom stereocenters. The first-order chi connectivity index (χ1) is 25.8. The predicted molar refractivity (Wildman–Crippen MR) is 226 cm³/mol. The average Bonchev–Trinajstić information content (AvgIpc) is 3.93. The molecule has 0 aliphatic carbocycles. The van der Waals surface area contributed by atoms with E-state index in [-0.39, 0.29) is 0 Å². The molecule has 12 rings (SSSR count). The summed E-state index contributed by atoms with van der Waals surface area (Å²) >= 11 is 3.76. The van der Waals surface area contributed by atoms with Crippen molar-refractivity contribution < 1.29 is 0 Å². The lowest BCUT2D eigenvalue weighted by Gasteiger charge is -2.12. The minimum Gasteiger partial charge on any atom is -0.309 e. The molecule has 2 nitrogen and oxygen atoms in total. The Hall–Kier alpha value is -6.20. The van der Waals surface area contributed by atoms with Crippen LogP contribution in [0, 0.1) is 0 Å². The second kappa shape index (κ2) is 10.7. The summed E-state index contributed by atoms with van der Waals surface area (Å²) in [5.41, 5.74) is 9.68. The number of benzene rings is 8. The number of hydrogen-bond donors (Lipinski definition) is 0. The maximum atomic E-state index is 2.44. The van der Waals surface area contributed by atoms with Gasteiger partial charge in [0.05, 0.1) is 22.1 Å². The van der Waals surface area contributed by atoms with Crippen LogP contribution < -0.4 is 0 Å². The van der Waals surface area contributed by atoms with Crippen LogP contribution in [0.25, 0.3) is 106 Å². The van der Waals surface area contributed by atoms with Gasteiger partial charge in [-0.2, -0.15) is 0 Å². The second-order valence-corrected chi connectivity index (χ2v) is 15.9. The maximum Gasteiger partial charge on any atom is 0.0555 e. The summed E-state index contributed by atoms with van der Waals surface area (Å²) in [4.78, 5) is 0. The first-order valence-corrected chi connectivity index (χ1v) is 19.3. The summed E-state index contributed by atoms with van der Waals surface area (Å²) in [5.74, 6) is 0. The first kappa shape index (κ1) is 28.5. The van der Waals surface area contributed by atoms with Crippen LogP contribution in [0.5, 0.6) is 0 Å². The molecule has 0 atom stereocenters.